The first-order valence-corrected chi connectivity index (χ1v) is 9.35. The van der Waals surface area contributed by atoms with Gasteiger partial charge in [-0.15, -0.1) is 0 Å². The van der Waals surface area contributed by atoms with E-state index in [2.05, 4.69) is 78.2 Å². The van der Waals surface area contributed by atoms with Crippen molar-refractivity contribution in [2.45, 2.75) is 6.92 Å². The van der Waals surface area contributed by atoms with Crippen LogP contribution in [0.1, 0.15) is 11.1 Å². The molecule has 2 nitrogen and oxygen atoms in total. The van der Waals surface area contributed by atoms with E-state index in [9.17, 15) is 5.26 Å². The molecule has 2 heterocycles. The van der Waals surface area contributed by atoms with E-state index in [0.717, 1.165) is 22.2 Å². The molecular weight excluding hydrogens is 340 g/mol. The summed E-state index contributed by atoms with van der Waals surface area (Å²) in [6.07, 6.45) is 2.18. The van der Waals surface area contributed by atoms with Gasteiger partial charge in [0.15, 0.2) is 0 Å². The molecule has 0 aliphatic rings. The summed E-state index contributed by atoms with van der Waals surface area (Å²) in [4.78, 5) is 0. The lowest BCUT2D eigenvalue weighted by molar-refractivity contribution is 1.22. The van der Waals surface area contributed by atoms with Gasteiger partial charge in [-0.25, -0.2) is 0 Å². The van der Waals surface area contributed by atoms with E-state index < -0.39 is 0 Å². The number of aryl methyl sites for hydroxylation is 1. The van der Waals surface area contributed by atoms with Gasteiger partial charge >= 0.3 is 0 Å². The second-order valence-corrected chi connectivity index (χ2v) is 7.10. The molecule has 0 amide bonds. The summed E-state index contributed by atoms with van der Waals surface area (Å²) in [6.45, 7) is 2.11. The van der Waals surface area contributed by atoms with Crippen LogP contribution in [0.25, 0.3) is 38.7 Å². The second kappa shape index (κ2) is 6.40. The van der Waals surface area contributed by atoms with E-state index in [1.54, 1.807) is 0 Å². The van der Waals surface area contributed by atoms with Gasteiger partial charge in [0.25, 0.3) is 0 Å². The molecule has 0 aliphatic heterocycles. The summed E-state index contributed by atoms with van der Waals surface area (Å²) in [6, 6.07) is 31.6. The predicted octanol–water partition coefficient (Wildman–Crippen LogP) is 6.61. The van der Waals surface area contributed by atoms with Crippen LogP contribution in [0.2, 0.25) is 0 Å². The molecule has 5 rings (SSSR count). The highest BCUT2D eigenvalue weighted by atomic mass is 14.9. The van der Waals surface area contributed by atoms with Crippen LogP contribution in [0.4, 0.5) is 0 Å². The second-order valence-electron chi connectivity index (χ2n) is 7.10. The van der Waals surface area contributed by atoms with Crippen molar-refractivity contribution in [3.8, 4) is 28.5 Å². The predicted molar refractivity (Wildman–Crippen MR) is 115 cm³/mol. The van der Waals surface area contributed by atoms with Gasteiger partial charge in [0.2, 0.25) is 0 Å². The third kappa shape index (κ3) is 2.49. The third-order valence-corrected chi connectivity index (χ3v) is 5.29. The average Bonchev–Trinajstić information content (AvgIpc) is 3.13. The molecule has 2 heteroatoms. The van der Waals surface area contributed by atoms with Crippen molar-refractivity contribution in [1.82, 2.24) is 4.40 Å². The summed E-state index contributed by atoms with van der Waals surface area (Å²) in [5.41, 5.74) is 7.36. The molecule has 0 saturated carbocycles. The van der Waals surface area contributed by atoms with Crippen LogP contribution in [0.5, 0.6) is 0 Å². The Morgan fingerprint density at radius 1 is 0.750 bits per heavy atom. The summed E-state index contributed by atoms with van der Waals surface area (Å²) in [7, 11) is 0. The number of nitriles is 1. The number of hydrogen-bond acceptors (Lipinski definition) is 1. The van der Waals surface area contributed by atoms with E-state index in [1.165, 1.54) is 22.1 Å². The van der Waals surface area contributed by atoms with Crippen molar-refractivity contribution in [3.05, 3.63) is 102 Å². The smallest absolute Gasteiger partial charge is 0.101 e. The first kappa shape index (κ1) is 16.4. The number of benzene rings is 3. The maximum absolute atomic E-state index is 9.83. The summed E-state index contributed by atoms with van der Waals surface area (Å²) in [5, 5.41) is 12.1. The summed E-state index contributed by atoms with van der Waals surface area (Å²) in [5.74, 6) is 0. The molecule has 2 aromatic heterocycles. The third-order valence-electron chi connectivity index (χ3n) is 5.29. The molecule has 0 fully saturated rings. The van der Waals surface area contributed by atoms with E-state index >= 15 is 0 Å². The first-order chi connectivity index (χ1) is 13.8. The molecule has 5 aromatic rings. The molecule has 0 saturated heterocycles. The van der Waals surface area contributed by atoms with Crippen LogP contribution in [0.15, 0.2) is 91.1 Å². The average molecular weight is 358 g/mol. The highest BCUT2D eigenvalue weighted by molar-refractivity contribution is 6.07. The Bertz CT molecular complexity index is 1350. The molecule has 132 valence electrons. The minimum absolute atomic E-state index is 0.701. The molecule has 0 unspecified atom stereocenters. The number of aromatic nitrogens is 1. The molecule has 0 spiro atoms. The van der Waals surface area contributed by atoms with Crippen LogP contribution in [0, 0.1) is 18.3 Å². The quantitative estimate of drug-likeness (QED) is 0.349. The zero-order chi connectivity index (χ0) is 19.1. The van der Waals surface area contributed by atoms with Crippen LogP contribution >= 0.6 is 0 Å². The van der Waals surface area contributed by atoms with Crippen molar-refractivity contribution in [3.63, 3.8) is 0 Å². The van der Waals surface area contributed by atoms with Crippen LogP contribution < -0.4 is 0 Å². The van der Waals surface area contributed by atoms with Gasteiger partial charge in [-0.05, 0) is 29.5 Å². The van der Waals surface area contributed by atoms with E-state index in [-0.39, 0.29) is 0 Å². The van der Waals surface area contributed by atoms with Gasteiger partial charge < -0.3 is 4.40 Å². The van der Waals surface area contributed by atoms with Gasteiger partial charge in [-0.3, -0.25) is 0 Å². The van der Waals surface area contributed by atoms with E-state index in [0.29, 0.717) is 5.56 Å². The summed E-state index contributed by atoms with van der Waals surface area (Å²) >= 11 is 0. The minimum Gasteiger partial charge on any atom is -0.314 e. The Morgan fingerprint density at radius 2 is 1.43 bits per heavy atom. The lowest BCUT2D eigenvalue weighted by Gasteiger charge is -2.13. The molecule has 0 atom stereocenters. The fourth-order valence-electron chi connectivity index (χ4n) is 3.98. The highest BCUT2D eigenvalue weighted by Gasteiger charge is 2.16. The largest absolute Gasteiger partial charge is 0.314 e. The van der Waals surface area contributed by atoms with Crippen molar-refractivity contribution in [2.24, 2.45) is 0 Å². The minimum atomic E-state index is 0.701. The number of nitrogens with zero attached hydrogens (tertiary/aromatic N) is 2. The zero-order valence-electron chi connectivity index (χ0n) is 15.6. The van der Waals surface area contributed by atoms with Crippen LogP contribution in [-0.2, 0) is 0 Å². The Morgan fingerprint density at radius 3 is 2.11 bits per heavy atom. The lowest BCUT2D eigenvalue weighted by atomic mass is 9.98. The SMILES string of the molecule is Cc1ccc2c(c1)c(-c1ccccc1)cn1c(-c3ccccc3)cc(C#N)c21. The Hall–Kier alpha value is -3.83. The van der Waals surface area contributed by atoms with Crippen molar-refractivity contribution in [1.29, 1.82) is 5.26 Å². The van der Waals surface area contributed by atoms with Gasteiger partial charge in [-0.2, -0.15) is 5.26 Å². The molecule has 0 N–H and O–H groups in total. The van der Waals surface area contributed by atoms with E-state index in [1.807, 2.05) is 30.3 Å². The molecular formula is C26H18N2. The normalized spacial score (nSPS) is 11.0. The van der Waals surface area contributed by atoms with Crippen molar-refractivity contribution in [2.75, 3.05) is 0 Å². The fraction of sp³-hybridized carbons (Fsp3) is 0.0385. The Balaban J connectivity index is 1.97. The molecule has 0 aliphatic carbocycles. The maximum atomic E-state index is 9.83. The number of hydrogen-bond donors (Lipinski definition) is 0. The van der Waals surface area contributed by atoms with Gasteiger partial charge in [0.05, 0.1) is 16.8 Å². The number of pyridine rings is 1. The van der Waals surface area contributed by atoms with Crippen LogP contribution in [-0.4, -0.2) is 4.40 Å². The summed E-state index contributed by atoms with van der Waals surface area (Å²) < 4.78 is 2.17. The maximum Gasteiger partial charge on any atom is 0.101 e. The Kier molecular flexibility index (Phi) is 3.74. The standard InChI is InChI=1S/C26H18N2/c1-18-12-13-22-23(14-18)24(19-8-4-2-5-9-19)17-28-25(15-21(16-27)26(22)28)20-10-6-3-7-11-20/h2-15,17H,1H3. The first-order valence-electron chi connectivity index (χ1n) is 9.35. The van der Waals surface area contributed by atoms with Gasteiger partial charge in [0, 0.05) is 17.1 Å². The molecule has 0 radical (unpaired) electrons. The Labute approximate surface area is 163 Å². The van der Waals surface area contributed by atoms with Crippen LogP contribution in [0.3, 0.4) is 0 Å². The monoisotopic (exact) mass is 358 g/mol. The lowest BCUT2D eigenvalue weighted by Crippen LogP contribution is -1.93. The number of rotatable bonds is 2. The van der Waals surface area contributed by atoms with Crippen molar-refractivity contribution < 1.29 is 0 Å². The van der Waals surface area contributed by atoms with Gasteiger partial charge in [0.1, 0.15) is 6.07 Å². The highest BCUT2D eigenvalue weighted by Crippen LogP contribution is 2.37. The van der Waals surface area contributed by atoms with Gasteiger partial charge in [-0.1, -0.05) is 84.4 Å². The molecule has 0 bridgehead atoms. The molecule has 3 aromatic carbocycles. The number of fused-ring (bicyclic) bond motifs is 3. The van der Waals surface area contributed by atoms with E-state index in [4.69, 9.17) is 0 Å². The fourth-order valence-corrected chi connectivity index (χ4v) is 3.98. The zero-order valence-corrected chi connectivity index (χ0v) is 15.6. The topological polar surface area (TPSA) is 28.2 Å². The van der Waals surface area contributed by atoms with Crippen molar-refractivity contribution >= 4 is 16.3 Å². The molecule has 28 heavy (non-hydrogen) atoms.